The molecule has 0 bridgehead atoms. The molecule has 1 heterocycles. The number of carbonyl (C=O) groups is 1. The van der Waals surface area contributed by atoms with E-state index in [1.165, 1.54) is 0 Å². The van der Waals surface area contributed by atoms with Gasteiger partial charge in [0.1, 0.15) is 12.6 Å². The van der Waals surface area contributed by atoms with E-state index in [0.717, 1.165) is 5.56 Å². The molecule has 0 radical (unpaired) electrons. The van der Waals surface area contributed by atoms with Crippen LogP contribution in [0.4, 0.5) is 8.78 Å². The van der Waals surface area contributed by atoms with Gasteiger partial charge >= 0.3 is 5.97 Å². The predicted octanol–water partition coefficient (Wildman–Crippen LogP) is 1.66. The number of carbonyl (C=O) groups excluding carboxylic acids is 1. The van der Waals surface area contributed by atoms with Gasteiger partial charge in [0.05, 0.1) is 6.54 Å². The van der Waals surface area contributed by atoms with Crippen molar-refractivity contribution in [3.05, 3.63) is 35.9 Å². The molecule has 1 fully saturated rings. The van der Waals surface area contributed by atoms with Crippen molar-refractivity contribution < 1.29 is 18.3 Å². The van der Waals surface area contributed by atoms with Gasteiger partial charge in [-0.15, -0.1) is 0 Å². The zero-order valence-corrected chi connectivity index (χ0v) is 12.0. The van der Waals surface area contributed by atoms with Crippen molar-refractivity contribution in [1.29, 1.82) is 0 Å². The first-order chi connectivity index (χ1) is 10.00. The highest BCUT2D eigenvalue weighted by atomic mass is 19.3. The van der Waals surface area contributed by atoms with Crippen molar-refractivity contribution in [2.24, 2.45) is 0 Å². The van der Waals surface area contributed by atoms with E-state index in [-0.39, 0.29) is 26.1 Å². The lowest BCUT2D eigenvalue weighted by Crippen LogP contribution is -2.45. The number of halogens is 2. The Morgan fingerprint density at radius 2 is 2.14 bits per heavy atom. The van der Waals surface area contributed by atoms with Crippen LogP contribution in [0.1, 0.15) is 12.0 Å². The maximum atomic E-state index is 13.1. The van der Waals surface area contributed by atoms with Crippen LogP contribution in [0, 0.1) is 0 Å². The molecule has 0 spiro atoms. The van der Waals surface area contributed by atoms with Crippen molar-refractivity contribution in [3.8, 4) is 0 Å². The van der Waals surface area contributed by atoms with Crippen molar-refractivity contribution >= 4 is 5.97 Å². The summed E-state index contributed by atoms with van der Waals surface area (Å²) in [5, 5.41) is 2.83. The van der Waals surface area contributed by atoms with Crippen molar-refractivity contribution in [3.63, 3.8) is 0 Å². The minimum atomic E-state index is -2.65. The fourth-order valence-electron chi connectivity index (χ4n) is 2.33. The maximum absolute atomic E-state index is 13.1. The summed E-state index contributed by atoms with van der Waals surface area (Å²) in [6.45, 7) is 0.433. The third-order valence-electron chi connectivity index (χ3n) is 3.55. The molecule has 0 aromatic heterocycles. The number of esters is 1. The van der Waals surface area contributed by atoms with Gasteiger partial charge in [-0.2, -0.15) is 0 Å². The van der Waals surface area contributed by atoms with E-state index in [4.69, 9.17) is 4.74 Å². The van der Waals surface area contributed by atoms with Crippen molar-refractivity contribution in [2.45, 2.75) is 25.0 Å². The average molecular weight is 298 g/mol. The van der Waals surface area contributed by atoms with E-state index < -0.39 is 17.9 Å². The normalized spacial score (nSPS) is 19.4. The van der Waals surface area contributed by atoms with Crippen LogP contribution in [0.2, 0.25) is 0 Å². The maximum Gasteiger partial charge on any atom is 0.324 e. The molecule has 0 saturated carbocycles. The zero-order chi connectivity index (χ0) is 15.3. The number of nitrogens with zero attached hydrogens (tertiary/aromatic N) is 1. The van der Waals surface area contributed by atoms with Crippen LogP contribution in [0.5, 0.6) is 0 Å². The Morgan fingerprint density at radius 3 is 2.71 bits per heavy atom. The fraction of sp³-hybridized carbons (Fsp3) is 0.533. The lowest BCUT2D eigenvalue weighted by Gasteiger charge is -2.22. The Hall–Kier alpha value is -1.53. The predicted molar refractivity (Wildman–Crippen MR) is 75.1 cm³/mol. The zero-order valence-electron chi connectivity index (χ0n) is 12.0. The van der Waals surface area contributed by atoms with E-state index >= 15 is 0 Å². The summed E-state index contributed by atoms with van der Waals surface area (Å²) in [6, 6.07) is 8.75. The number of ether oxygens (including phenoxy) is 1. The van der Waals surface area contributed by atoms with Gasteiger partial charge in [-0.3, -0.25) is 9.69 Å². The average Bonchev–Trinajstić information content (AvgIpc) is 2.82. The molecule has 1 aliphatic rings. The first-order valence-corrected chi connectivity index (χ1v) is 6.98. The second-order valence-electron chi connectivity index (χ2n) is 5.28. The topological polar surface area (TPSA) is 41.6 Å². The largest absolute Gasteiger partial charge is 0.460 e. The molecule has 6 heteroatoms. The highest BCUT2D eigenvalue weighted by Crippen LogP contribution is 2.26. The summed E-state index contributed by atoms with van der Waals surface area (Å²) in [6.07, 6.45) is -0.150. The van der Waals surface area contributed by atoms with Gasteiger partial charge in [-0.05, 0) is 12.6 Å². The number of nitrogens with one attached hydrogen (secondary N) is 1. The molecule has 0 aliphatic carbocycles. The molecule has 0 amide bonds. The van der Waals surface area contributed by atoms with E-state index in [1.807, 2.05) is 30.3 Å². The molecule has 2 rings (SSSR count). The summed E-state index contributed by atoms with van der Waals surface area (Å²) in [7, 11) is 1.63. The minimum absolute atomic E-state index is 0.150. The van der Waals surface area contributed by atoms with Crippen LogP contribution < -0.4 is 5.32 Å². The number of likely N-dealkylation sites (tertiary alicyclic amines) is 1. The molecule has 1 aliphatic heterocycles. The highest BCUT2D eigenvalue weighted by Gasteiger charge is 2.39. The first-order valence-electron chi connectivity index (χ1n) is 6.98. The Morgan fingerprint density at radius 1 is 1.43 bits per heavy atom. The number of rotatable bonds is 6. The molecule has 1 saturated heterocycles. The third-order valence-corrected chi connectivity index (χ3v) is 3.55. The third kappa shape index (κ3) is 4.75. The Bertz CT molecular complexity index is 468. The van der Waals surface area contributed by atoms with Gasteiger partial charge in [-0.25, -0.2) is 8.78 Å². The quantitative estimate of drug-likeness (QED) is 0.811. The number of hydrogen-bond acceptors (Lipinski definition) is 4. The lowest BCUT2D eigenvalue weighted by molar-refractivity contribution is -0.148. The Kier molecular flexibility index (Phi) is 5.25. The Labute approximate surface area is 123 Å². The highest BCUT2D eigenvalue weighted by molar-refractivity contribution is 5.76. The molecule has 1 aromatic carbocycles. The van der Waals surface area contributed by atoms with Gasteiger partial charge in [-0.1, -0.05) is 30.3 Å². The van der Waals surface area contributed by atoms with E-state index in [1.54, 1.807) is 11.9 Å². The summed E-state index contributed by atoms with van der Waals surface area (Å²) >= 11 is 0. The number of alkyl halides is 2. The van der Waals surface area contributed by atoms with E-state index in [2.05, 4.69) is 5.32 Å². The monoisotopic (exact) mass is 298 g/mol. The minimum Gasteiger partial charge on any atom is -0.460 e. The lowest BCUT2D eigenvalue weighted by atomic mass is 10.2. The van der Waals surface area contributed by atoms with Crippen LogP contribution in [0.3, 0.4) is 0 Å². The molecular weight excluding hydrogens is 278 g/mol. The van der Waals surface area contributed by atoms with Crippen molar-refractivity contribution in [2.75, 3.05) is 26.7 Å². The van der Waals surface area contributed by atoms with E-state index in [9.17, 15) is 13.6 Å². The van der Waals surface area contributed by atoms with Crippen LogP contribution in [0.15, 0.2) is 30.3 Å². The summed E-state index contributed by atoms with van der Waals surface area (Å²) in [5.74, 6) is -3.07. The SMILES string of the molecule is CNC(CN1CCC(F)(F)C1)C(=O)OCc1ccccc1. The number of benzene rings is 1. The summed E-state index contributed by atoms with van der Waals surface area (Å²) in [5.41, 5.74) is 0.897. The van der Waals surface area contributed by atoms with Crippen LogP contribution in [-0.2, 0) is 16.1 Å². The van der Waals surface area contributed by atoms with E-state index in [0.29, 0.717) is 6.54 Å². The van der Waals surface area contributed by atoms with Gasteiger partial charge in [0, 0.05) is 19.5 Å². The first kappa shape index (κ1) is 15.9. The molecular formula is C15H20F2N2O2. The molecule has 1 atom stereocenters. The summed E-state index contributed by atoms with van der Waals surface area (Å²) < 4.78 is 31.5. The molecule has 1 N–H and O–H groups in total. The Balaban J connectivity index is 1.82. The summed E-state index contributed by atoms with van der Waals surface area (Å²) in [4.78, 5) is 13.6. The molecule has 21 heavy (non-hydrogen) atoms. The van der Waals surface area contributed by atoms with Crippen molar-refractivity contribution in [1.82, 2.24) is 10.2 Å². The van der Waals surface area contributed by atoms with Crippen LogP contribution >= 0.6 is 0 Å². The van der Waals surface area contributed by atoms with Gasteiger partial charge in [0.15, 0.2) is 0 Å². The number of hydrogen-bond donors (Lipinski definition) is 1. The molecule has 1 unspecified atom stereocenters. The second-order valence-corrected chi connectivity index (χ2v) is 5.28. The van der Waals surface area contributed by atoms with Gasteiger partial charge in [0.2, 0.25) is 0 Å². The second kappa shape index (κ2) is 6.95. The number of likely N-dealkylation sites (N-methyl/N-ethyl adjacent to an activating group) is 1. The van der Waals surface area contributed by atoms with Gasteiger partial charge in [0.25, 0.3) is 5.92 Å². The fourth-order valence-corrected chi connectivity index (χ4v) is 2.33. The van der Waals surface area contributed by atoms with Crippen LogP contribution in [0.25, 0.3) is 0 Å². The van der Waals surface area contributed by atoms with Crippen LogP contribution in [-0.4, -0.2) is 49.5 Å². The standard InChI is InChI=1S/C15H20F2N2O2/c1-18-13(9-19-8-7-15(16,17)11-19)14(20)21-10-12-5-3-2-4-6-12/h2-6,13,18H,7-11H2,1H3. The smallest absolute Gasteiger partial charge is 0.324 e. The van der Waals surface area contributed by atoms with Gasteiger partial charge < -0.3 is 10.1 Å². The molecule has 4 nitrogen and oxygen atoms in total. The molecule has 1 aromatic rings. The molecule has 116 valence electrons.